The van der Waals surface area contributed by atoms with Crippen LogP contribution in [0.4, 0.5) is 5.69 Å². The Bertz CT molecular complexity index is 470. The molecule has 84 valence electrons. The molecule has 1 rings (SSSR count). The van der Waals surface area contributed by atoms with E-state index in [4.69, 9.17) is 20.3 Å². The Morgan fingerprint density at radius 2 is 1.60 bits per heavy atom. The number of methoxy groups -OCH3 is 2. The zero-order valence-corrected chi connectivity index (χ0v) is 9.17. The van der Waals surface area contributed by atoms with Gasteiger partial charge in [-0.3, -0.25) is 0 Å². The number of hydrogen-bond acceptors (Lipinski definition) is 5. The van der Waals surface area contributed by atoms with Gasteiger partial charge < -0.3 is 15.2 Å². The van der Waals surface area contributed by atoms with E-state index in [9.17, 15) is 8.42 Å². The Morgan fingerprint density at radius 1 is 1.13 bits per heavy atom. The van der Waals surface area contributed by atoms with Gasteiger partial charge in [0.25, 0.3) is 0 Å². The number of anilines is 1. The molecule has 0 radical (unpaired) electrons. The van der Waals surface area contributed by atoms with Crippen LogP contribution in [0.1, 0.15) is 0 Å². The van der Waals surface area contributed by atoms with E-state index in [2.05, 4.69) is 0 Å². The van der Waals surface area contributed by atoms with Gasteiger partial charge in [-0.1, -0.05) is 0 Å². The van der Waals surface area contributed by atoms with Crippen LogP contribution in [0.2, 0.25) is 0 Å². The molecule has 0 atom stereocenters. The van der Waals surface area contributed by atoms with E-state index in [1.54, 1.807) is 0 Å². The van der Waals surface area contributed by atoms with E-state index < -0.39 is 10.0 Å². The van der Waals surface area contributed by atoms with Gasteiger partial charge in [-0.05, 0) is 0 Å². The maximum absolute atomic E-state index is 11.1. The fraction of sp³-hybridized carbons (Fsp3) is 0.250. The van der Waals surface area contributed by atoms with Gasteiger partial charge in [0, 0.05) is 12.1 Å². The fourth-order valence-corrected chi connectivity index (χ4v) is 1.78. The van der Waals surface area contributed by atoms with Crippen LogP contribution in [0.5, 0.6) is 11.5 Å². The molecule has 0 aliphatic heterocycles. The SMILES string of the molecule is COc1cc(N)c(S(N)(=O)=O)cc1OC. The Hall–Kier alpha value is -1.47. The van der Waals surface area contributed by atoms with Crippen molar-refractivity contribution >= 4 is 15.7 Å². The maximum Gasteiger partial charge on any atom is 0.240 e. The minimum atomic E-state index is -3.85. The van der Waals surface area contributed by atoms with Crippen molar-refractivity contribution in [2.75, 3.05) is 20.0 Å². The average Bonchev–Trinajstić information content (AvgIpc) is 2.15. The summed E-state index contributed by atoms with van der Waals surface area (Å²) >= 11 is 0. The second kappa shape index (κ2) is 3.95. The molecule has 15 heavy (non-hydrogen) atoms. The van der Waals surface area contributed by atoms with Gasteiger partial charge in [-0.15, -0.1) is 0 Å². The third kappa shape index (κ3) is 2.31. The molecule has 1 aromatic carbocycles. The smallest absolute Gasteiger partial charge is 0.240 e. The lowest BCUT2D eigenvalue weighted by atomic mass is 10.3. The van der Waals surface area contributed by atoms with Gasteiger partial charge in [-0.25, -0.2) is 13.6 Å². The lowest BCUT2D eigenvalue weighted by molar-refractivity contribution is 0.354. The number of primary sulfonamides is 1. The van der Waals surface area contributed by atoms with Crippen LogP contribution in [-0.2, 0) is 10.0 Å². The van der Waals surface area contributed by atoms with Gasteiger partial charge in [0.15, 0.2) is 11.5 Å². The first-order valence-electron chi connectivity index (χ1n) is 3.94. The molecule has 0 amide bonds. The molecule has 0 saturated heterocycles. The van der Waals surface area contributed by atoms with E-state index in [1.807, 2.05) is 0 Å². The Kier molecular flexibility index (Phi) is 3.06. The topological polar surface area (TPSA) is 105 Å². The number of hydrogen-bond donors (Lipinski definition) is 2. The van der Waals surface area contributed by atoms with Crippen molar-refractivity contribution in [1.29, 1.82) is 0 Å². The summed E-state index contributed by atoms with van der Waals surface area (Å²) in [7, 11) is -1.04. The van der Waals surface area contributed by atoms with E-state index in [1.165, 1.54) is 26.4 Å². The van der Waals surface area contributed by atoms with Gasteiger partial charge in [0.1, 0.15) is 4.90 Å². The average molecular weight is 232 g/mol. The Balaban J connectivity index is 3.46. The summed E-state index contributed by atoms with van der Waals surface area (Å²) in [6.07, 6.45) is 0. The van der Waals surface area contributed by atoms with E-state index in [-0.39, 0.29) is 16.3 Å². The molecule has 6 nitrogen and oxygen atoms in total. The quantitative estimate of drug-likeness (QED) is 0.710. The van der Waals surface area contributed by atoms with Crippen molar-refractivity contribution < 1.29 is 17.9 Å². The van der Waals surface area contributed by atoms with Crippen LogP contribution < -0.4 is 20.3 Å². The first-order chi connectivity index (χ1) is 6.90. The van der Waals surface area contributed by atoms with Gasteiger partial charge >= 0.3 is 0 Å². The standard InChI is InChI=1S/C8H12N2O4S/c1-13-6-3-5(9)8(15(10,11)12)4-7(6)14-2/h3-4H,9H2,1-2H3,(H2,10,11,12). The normalized spacial score (nSPS) is 11.1. The predicted molar refractivity (Wildman–Crippen MR) is 55.3 cm³/mol. The van der Waals surface area contributed by atoms with Gasteiger partial charge in [0.2, 0.25) is 10.0 Å². The second-order valence-electron chi connectivity index (χ2n) is 2.79. The van der Waals surface area contributed by atoms with Crippen LogP contribution in [0, 0.1) is 0 Å². The highest BCUT2D eigenvalue weighted by Gasteiger charge is 2.16. The Morgan fingerprint density at radius 3 is 2.00 bits per heavy atom. The number of ether oxygens (including phenoxy) is 2. The van der Waals surface area contributed by atoms with Crippen LogP contribution >= 0.6 is 0 Å². The highest BCUT2D eigenvalue weighted by Crippen LogP contribution is 2.33. The summed E-state index contributed by atoms with van der Waals surface area (Å²) < 4.78 is 32.1. The molecule has 1 aromatic rings. The van der Waals surface area contributed by atoms with Crippen LogP contribution in [0.3, 0.4) is 0 Å². The first-order valence-corrected chi connectivity index (χ1v) is 5.49. The molecule has 0 aliphatic rings. The lowest BCUT2D eigenvalue weighted by Crippen LogP contribution is -2.14. The monoisotopic (exact) mass is 232 g/mol. The molecule has 0 unspecified atom stereocenters. The van der Waals surface area contributed by atoms with E-state index >= 15 is 0 Å². The molecule has 0 saturated carbocycles. The highest BCUT2D eigenvalue weighted by atomic mass is 32.2. The molecular weight excluding hydrogens is 220 g/mol. The minimum absolute atomic E-state index is 0.0233. The third-order valence-corrected chi connectivity index (χ3v) is 2.79. The summed E-state index contributed by atoms with van der Waals surface area (Å²) in [5.41, 5.74) is 5.54. The number of benzene rings is 1. The third-order valence-electron chi connectivity index (χ3n) is 1.82. The molecule has 4 N–H and O–H groups in total. The molecule has 0 spiro atoms. The molecule has 0 heterocycles. The van der Waals surface area contributed by atoms with Crippen molar-refractivity contribution in [1.82, 2.24) is 0 Å². The first kappa shape index (κ1) is 11.6. The molecule has 0 fully saturated rings. The number of rotatable bonds is 3. The van der Waals surface area contributed by atoms with Crippen molar-refractivity contribution in [3.63, 3.8) is 0 Å². The van der Waals surface area contributed by atoms with Crippen molar-refractivity contribution in [3.05, 3.63) is 12.1 Å². The molecule has 0 aromatic heterocycles. The van der Waals surface area contributed by atoms with Crippen molar-refractivity contribution in [2.45, 2.75) is 4.90 Å². The molecule has 0 bridgehead atoms. The highest BCUT2D eigenvalue weighted by molar-refractivity contribution is 7.89. The number of nitrogens with two attached hydrogens (primary N) is 2. The van der Waals surface area contributed by atoms with E-state index in [0.717, 1.165) is 0 Å². The van der Waals surface area contributed by atoms with Gasteiger partial charge in [0.05, 0.1) is 19.9 Å². The molecular formula is C8H12N2O4S. The van der Waals surface area contributed by atoms with Crippen LogP contribution in [-0.4, -0.2) is 22.6 Å². The summed E-state index contributed by atoms with van der Waals surface area (Å²) in [6, 6.07) is 2.57. The van der Waals surface area contributed by atoms with Crippen molar-refractivity contribution in [3.8, 4) is 11.5 Å². The summed E-state index contributed by atoms with van der Waals surface area (Å²) in [5.74, 6) is 0.609. The molecule has 0 aliphatic carbocycles. The number of nitrogen functional groups attached to an aromatic ring is 1. The zero-order valence-electron chi connectivity index (χ0n) is 8.35. The summed E-state index contributed by atoms with van der Waals surface area (Å²) in [6.45, 7) is 0. The largest absolute Gasteiger partial charge is 0.493 e. The second-order valence-corrected chi connectivity index (χ2v) is 4.32. The van der Waals surface area contributed by atoms with Crippen LogP contribution in [0.25, 0.3) is 0 Å². The zero-order chi connectivity index (χ0) is 11.6. The summed E-state index contributed by atoms with van der Waals surface area (Å²) in [5, 5.41) is 4.97. The van der Waals surface area contributed by atoms with Gasteiger partial charge in [-0.2, -0.15) is 0 Å². The minimum Gasteiger partial charge on any atom is -0.493 e. The Labute approximate surface area is 87.8 Å². The maximum atomic E-state index is 11.1. The number of sulfonamides is 1. The molecule has 7 heteroatoms. The van der Waals surface area contributed by atoms with Crippen LogP contribution in [0.15, 0.2) is 17.0 Å². The lowest BCUT2D eigenvalue weighted by Gasteiger charge is -2.10. The predicted octanol–water partition coefficient (Wildman–Crippen LogP) is -0.0666. The summed E-state index contributed by atoms with van der Waals surface area (Å²) in [4.78, 5) is -0.180. The van der Waals surface area contributed by atoms with E-state index in [0.29, 0.717) is 5.75 Å². The van der Waals surface area contributed by atoms with Crippen molar-refractivity contribution in [2.24, 2.45) is 5.14 Å². The fourth-order valence-electron chi connectivity index (χ4n) is 1.12.